The van der Waals surface area contributed by atoms with E-state index in [4.69, 9.17) is 14.0 Å². The van der Waals surface area contributed by atoms with Gasteiger partial charge in [-0.2, -0.15) is 0 Å². The summed E-state index contributed by atoms with van der Waals surface area (Å²) < 4.78 is 58.8. The van der Waals surface area contributed by atoms with E-state index in [2.05, 4.69) is 0 Å². The summed E-state index contributed by atoms with van der Waals surface area (Å²) in [6.45, 7) is 8.81. The van der Waals surface area contributed by atoms with Crippen molar-refractivity contribution in [3.63, 3.8) is 0 Å². The molecular weight excluding hydrogens is 336 g/mol. The van der Waals surface area contributed by atoms with Crippen LogP contribution in [0.15, 0.2) is 12.1 Å². The minimum absolute atomic E-state index is 0.114. The van der Waals surface area contributed by atoms with Crippen LogP contribution in [0.5, 0.6) is 0 Å². The van der Waals surface area contributed by atoms with E-state index in [1.165, 1.54) is 0 Å². The van der Waals surface area contributed by atoms with E-state index >= 15 is 0 Å². The first-order chi connectivity index (χ1) is 11.5. The van der Waals surface area contributed by atoms with Crippen LogP contribution in [0.4, 0.5) is 13.2 Å². The van der Waals surface area contributed by atoms with Gasteiger partial charge >= 0.3 is 13.1 Å². The lowest BCUT2D eigenvalue weighted by atomic mass is 9.66. The number of carbonyl (C=O) groups excluding carboxylic acids is 1. The van der Waals surface area contributed by atoms with Crippen molar-refractivity contribution in [1.82, 2.24) is 0 Å². The predicted octanol–water partition coefficient (Wildman–Crippen LogP) is 3.77. The molecule has 4 nitrogen and oxygen atoms in total. The van der Waals surface area contributed by atoms with E-state index in [1.807, 2.05) is 0 Å². The maximum Gasteiger partial charge on any atom is 0.466 e. The number of hydrogen-bond acceptors (Lipinski definition) is 4. The summed E-state index contributed by atoms with van der Waals surface area (Å²) in [5.74, 6) is -5.39. The molecule has 0 radical (unpaired) electrons. The molecule has 0 aromatic heterocycles. The summed E-state index contributed by atoms with van der Waals surface area (Å²) >= 11 is 0. The van der Waals surface area contributed by atoms with Gasteiger partial charge in [0, 0.05) is 11.4 Å². The number of carbonyl (C=O) groups is 1. The molecule has 138 valence electrons. The molecule has 0 aliphatic carbocycles. The van der Waals surface area contributed by atoms with E-state index in [0.717, 1.165) is 6.07 Å². The molecule has 1 saturated heterocycles. The fourth-order valence-corrected chi connectivity index (χ4v) is 2.67. The highest BCUT2D eigenvalue weighted by atomic mass is 19.2. The quantitative estimate of drug-likeness (QED) is 0.457. The first-order valence-corrected chi connectivity index (χ1v) is 8.15. The minimum Gasteiger partial charge on any atom is -0.466 e. The molecule has 0 spiro atoms. The Morgan fingerprint density at radius 1 is 1.12 bits per heavy atom. The van der Waals surface area contributed by atoms with E-state index in [1.54, 1.807) is 34.6 Å². The molecule has 1 fully saturated rings. The molecule has 8 heteroatoms. The van der Waals surface area contributed by atoms with Crippen molar-refractivity contribution in [2.24, 2.45) is 0 Å². The molecular formula is C17H22BF3O4. The Balaban J connectivity index is 2.46. The third-order valence-electron chi connectivity index (χ3n) is 4.74. The second-order valence-electron chi connectivity index (χ2n) is 7.00. The first-order valence-electron chi connectivity index (χ1n) is 8.15. The van der Waals surface area contributed by atoms with Crippen molar-refractivity contribution in [3.05, 3.63) is 35.1 Å². The Labute approximate surface area is 145 Å². The van der Waals surface area contributed by atoms with Gasteiger partial charge in [-0.25, -0.2) is 13.2 Å². The lowest BCUT2D eigenvalue weighted by Crippen LogP contribution is -2.41. The van der Waals surface area contributed by atoms with Crippen LogP contribution in [0.2, 0.25) is 0 Å². The molecule has 0 amide bonds. The average molecular weight is 358 g/mol. The highest BCUT2D eigenvalue weighted by Crippen LogP contribution is 2.42. The number of esters is 1. The van der Waals surface area contributed by atoms with Gasteiger partial charge in [0.2, 0.25) is 0 Å². The maximum absolute atomic E-state index is 14.3. The fourth-order valence-electron chi connectivity index (χ4n) is 2.67. The van der Waals surface area contributed by atoms with Gasteiger partial charge in [-0.1, -0.05) is 0 Å². The first kappa shape index (κ1) is 19.8. The van der Waals surface area contributed by atoms with E-state index in [0.29, 0.717) is 6.07 Å². The van der Waals surface area contributed by atoms with Crippen LogP contribution in [0, 0.1) is 17.5 Å². The van der Waals surface area contributed by atoms with Crippen molar-refractivity contribution >= 4 is 13.1 Å². The monoisotopic (exact) mass is 358 g/mol. The van der Waals surface area contributed by atoms with Gasteiger partial charge in [0.25, 0.3) is 0 Å². The molecule has 2 rings (SSSR count). The topological polar surface area (TPSA) is 44.8 Å². The van der Waals surface area contributed by atoms with E-state index in [9.17, 15) is 18.0 Å². The zero-order valence-corrected chi connectivity index (χ0v) is 15.0. The summed E-state index contributed by atoms with van der Waals surface area (Å²) in [5, 5.41) is 0. The van der Waals surface area contributed by atoms with Gasteiger partial charge in [0.1, 0.15) is 5.82 Å². The normalized spacial score (nSPS) is 19.8. The standard InChI is InChI=1S/C17H22BF3O4/c1-6-23-13(22)9-10(14-11(19)7-8-12(20)15(14)21)18-24-16(2,3)17(4,5)25-18/h7-8,10H,6,9H2,1-5H3. The van der Waals surface area contributed by atoms with Gasteiger partial charge in [0.15, 0.2) is 11.6 Å². The zero-order valence-electron chi connectivity index (χ0n) is 15.0. The van der Waals surface area contributed by atoms with Gasteiger partial charge in [0.05, 0.1) is 24.2 Å². The van der Waals surface area contributed by atoms with Crippen LogP contribution in [-0.4, -0.2) is 30.9 Å². The largest absolute Gasteiger partial charge is 0.466 e. The summed E-state index contributed by atoms with van der Waals surface area (Å²) in [6, 6.07) is 1.51. The number of benzene rings is 1. The Hall–Kier alpha value is -1.54. The number of halogens is 3. The van der Waals surface area contributed by atoms with Crippen LogP contribution in [0.3, 0.4) is 0 Å². The second kappa shape index (κ2) is 7.00. The molecule has 1 unspecified atom stereocenters. The molecule has 0 saturated carbocycles. The second-order valence-corrected chi connectivity index (χ2v) is 7.00. The number of hydrogen-bond donors (Lipinski definition) is 0. The zero-order chi connectivity index (χ0) is 19.0. The fraction of sp³-hybridized carbons (Fsp3) is 0.588. The summed E-state index contributed by atoms with van der Waals surface area (Å²) in [6.07, 6.45) is -0.401. The summed E-state index contributed by atoms with van der Waals surface area (Å²) in [4.78, 5) is 11.9. The van der Waals surface area contributed by atoms with Crippen LogP contribution < -0.4 is 0 Å². The van der Waals surface area contributed by atoms with Crippen LogP contribution in [0.25, 0.3) is 0 Å². The van der Waals surface area contributed by atoms with Crippen LogP contribution in [0.1, 0.15) is 52.4 Å². The molecule has 25 heavy (non-hydrogen) atoms. The molecule has 1 aliphatic heterocycles. The molecule has 0 bridgehead atoms. The van der Waals surface area contributed by atoms with Gasteiger partial charge in [-0.05, 0) is 46.8 Å². The van der Waals surface area contributed by atoms with Gasteiger partial charge in [-0.15, -0.1) is 0 Å². The highest BCUT2D eigenvalue weighted by Gasteiger charge is 2.55. The Morgan fingerprint density at radius 3 is 2.16 bits per heavy atom. The number of rotatable bonds is 5. The van der Waals surface area contributed by atoms with Gasteiger partial charge < -0.3 is 14.0 Å². The van der Waals surface area contributed by atoms with Crippen molar-refractivity contribution in [3.8, 4) is 0 Å². The molecule has 1 aromatic rings. The molecule has 1 heterocycles. The van der Waals surface area contributed by atoms with Gasteiger partial charge in [-0.3, -0.25) is 4.79 Å². The predicted molar refractivity (Wildman–Crippen MR) is 86.4 cm³/mol. The average Bonchev–Trinajstić information content (AvgIpc) is 2.71. The summed E-state index contributed by atoms with van der Waals surface area (Å²) in [5.41, 5.74) is -2.12. The third-order valence-corrected chi connectivity index (χ3v) is 4.74. The Kier molecular flexibility index (Phi) is 5.54. The van der Waals surface area contributed by atoms with E-state index in [-0.39, 0.29) is 6.61 Å². The van der Waals surface area contributed by atoms with Crippen molar-refractivity contribution in [2.75, 3.05) is 6.61 Å². The summed E-state index contributed by atoms with van der Waals surface area (Å²) in [7, 11) is -1.12. The van der Waals surface area contributed by atoms with Crippen molar-refractivity contribution in [2.45, 2.75) is 58.1 Å². The molecule has 1 aliphatic rings. The van der Waals surface area contributed by atoms with Crippen LogP contribution >= 0.6 is 0 Å². The highest BCUT2D eigenvalue weighted by molar-refractivity contribution is 6.48. The molecule has 1 atom stereocenters. The smallest absolute Gasteiger partial charge is 0.466 e. The third kappa shape index (κ3) is 3.85. The number of ether oxygens (including phenoxy) is 1. The SMILES string of the molecule is CCOC(=O)CC(B1OC(C)(C)C(C)(C)O1)c1c(F)ccc(F)c1F. The minimum atomic E-state index is -1.36. The Bertz CT molecular complexity index is 648. The molecule has 1 aromatic carbocycles. The van der Waals surface area contributed by atoms with Crippen LogP contribution in [-0.2, 0) is 18.8 Å². The Morgan fingerprint density at radius 2 is 1.64 bits per heavy atom. The lowest BCUT2D eigenvalue weighted by Gasteiger charge is -2.32. The maximum atomic E-state index is 14.3. The van der Waals surface area contributed by atoms with Crippen molar-refractivity contribution < 1.29 is 32.0 Å². The lowest BCUT2D eigenvalue weighted by molar-refractivity contribution is -0.143. The van der Waals surface area contributed by atoms with E-state index < -0.39 is 59.5 Å². The molecule has 0 N–H and O–H groups in total. The van der Waals surface area contributed by atoms with Crippen molar-refractivity contribution in [1.29, 1.82) is 0 Å².